The Morgan fingerprint density at radius 3 is 2.40 bits per heavy atom. The molecule has 1 aromatic carbocycles. The van der Waals surface area contributed by atoms with Crippen molar-refractivity contribution in [2.75, 3.05) is 6.61 Å². The summed E-state index contributed by atoms with van der Waals surface area (Å²) in [5, 5.41) is 3.36. The number of amides is 1. The van der Waals surface area contributed by atoms with E-state index in [4.69, 9.17) is 23.2 Å². The van der Waals surface area contributed by atoms with Crippen molar-refractivity contribution < 1.29 is 22.7 Å². The summed E-state index contributed by atoms with van der Waals surface area (Å²) in [7, 11) is 0. The third-order valence-corrected chi connectivity index (χ3v) is 3.51. The van der Waals surface area contributed by atoms with E-state index >= 15 is 0 Å². The number of carbonyl (C=O) groups excluding carboxylic acids is 1. The summed E-state index contributed by atoms with van der Waals surface area (Å²) in [6, 6.07) is 6.79. The minimum Gasteiger partial charge on any atom is -0.483 e. The van der Waals surface area contributed by atoms with E-state index in [1.54, 1.807) is 6.92 Å². The summed E-state index contributed by atoms with van der Waals surface area (Å²) in [5.41, 5.74) is 0.746. The SMILES string of the molecule is CC(NC(=O)c1cc(Cl)cc(Cl)c1)c1ccc(OCC(F)(F)F)cn1. The number of ether oxygens (including phenoxy) is 1. The Hall–Kier alpha value is -1.99. The largest absolute Gasteiger partial charge is 0.483 e. The van der Waals surface area contributed by atoms with Gasteiger partial charge in [-0.1, -0.05) is 23.2 Å². The first-order valence-corrected chi connectivity index (χ1v) is 7.82. The van der Waals surface area contributed by atoms with Gasteiger partial charge in [-0.2, -0.15) is 13.2 Å². The van der Waals surface area contributed by atoms with Crippen LogP contribution in [-0.4, -0.2) is 23.7 Å². The molecule has 1 heterocycles. The Morgan fingerprint density at radius 2 is 1.88 bits per heavy atom. The molecule has 1 atom stereocenters. The van der Waals surface area contributed by atoms with Crippen molar-refractivity contribution in [3.63, 3.8) is 0 Å². The number of aromatic nitrogens is 1. The summed E-state index contributed by atoms with van der Waals surface area (Å²) >= 11 is 11.7. The van der Waals surface area contributed by atoms with Crippen molar-refractivity contribution >= 4 is 29.1 Å². The molecule has 0 bridgehead atoms. The molecule has 0 spiro atoms. The minimum atomic E-state index is -4.42. The van der Waals surface area contributed by atoms with Crippen LogP contribution in [0.4, 0.5) is 13.2 Å². The molecule has 0 aliphatic heterocycles. The number of halogens is 5. The fourth-order valence-corrected chi connectivity index (χ4v) is 2.46. The Morgan fingerprint density at radius 1 is 1.24 bits per heavy atom. The molecule has 0 radical (unpaired) electrons. The van der Waals surface area contributed by atoms with Gasteiger partial charge in [0.25, 0.3) is 5.91 Å². The third kappa shape index (κ3) is 6.10. The van der Waals surface area contributed by atoms with Crippen LogP contribution in [0.3, 0.4) is 0 Å². The first kappa shape index (κ1) is 19.3. The van der Waals surface area contributed by atoms with E-state index < -0.39 is 24.7 Å². The average Bonchev–Trinajstić information content (AvgIpc) is 2.51. The Labute approximate surface area is 151 Å². The molecular formula is C16H13Cl2F3N2O2. The van der Waals surface area contributed by atoms with Crippen molar-refractivity contribution in [1.29, 1.82) is 0 Å². The molecule has 0 aliphatic rings. The van der Waals surface area contributed by atoms with Crippen LogP contribution in [0.2, 0.25) is 10.0 Å². The van der Waals surface area contributed by atoms with E-state index in [9.17, 15) is 18.0 Å². The molecule has 25 heavy (non-hydrogen) atoms. The van der Waals surface area contributed by atoms with E-state index in [1.165, 1.54) is 36.5 Å². The van der Waals surface area contributed by atoms with Crippen LogP contribution >= 0.6 is 23.2 Å². The Bertz CT molecular complexity index is 732. The highest BCUT2D eigenvalue weighted by Crippen LogP contribution is 2.21. The number of nitrogens with one attached hydrogen (secondary N) is 1. The summed E-state index contributed by atoms with van der Waals surface area (Å²) in [6.45, 7) is 0.290. The Balaban J connectivity index is 2.00. The van der Waals surface area contributed by atoms with Crippen molar-refractivity contribution in [3.8, 4) is 5.75 Å². The average molecular weight is 393 g/mol. The number of carbonyl (C=O) groups is 1. The van der Waals surface area contributed by atoms with Gasteiger partial charge >= 0.3 is 6.18 Å². The third-order valence-electron chi connectivity index (χ3n) is 3.08. The van der Waals surface area contributed by atoms with Gasteiger partial charge in [0, 0.05) is 15.6 Å². The quantitative estimate of drug-likeness (QED) is 0.793. The zero-order valence-corrected chi connectivity index (χ0v) is 14.4. The highest BCUT2D eigenvalue weighted by Gasteiger charge is 2.28. The second kappa shape index (κ2) is 7.93. The number of benzene rings is 1. The molecule has 134 valence electrons. The number of rotatable bonds is 5. The number of hydrogen-bond acceptors (Lipinski definition) is 3. The highest BCUT2D eigenvalue weighted by atomic mass is 35.5. The van der Waals surface area contributed by atoms with Gasteiger partial charge in [0.2, 0.25) is 0 Å². The van der Waals surface area contributed by atoms with Crippen LogP contribution < -0.4 is 10.1 Å². The zero-order valence-electron chi connectivity index (χ0n) is 12.9. The molecule has 0 saturated heterocycles. The van der Waals surface area contributed by atoms with Crippen LogP contribution in [0.1, 0.15) is 29.0 Å². The molecule has 1 amide bonds. The summed E-state index contributed by atoms with van der Waals surface area (Å²) < 4.78 is 40.9. The second-order valence-electron chi connectivity index (χ2n) is 5.18. The molecule has 4 nitrogen and oxygen atoms in total. The first-order chi connectivity index (χ1) is 11.6. The van der Waals surface area contributed by atoms with E-state index in [-0.39, 0.29) is 11.3 Å². The maximum Gasteiger partial charge on any atom is 0.422 e. The van der Waals surface area contributed by atoms with E-state index in [2.05, 4.69) is 15.0 Å². The fourth-order valence-electron chi connectivity index (χ4n) is 1.94. The standard InChI is InChI=1S/C16H13Cl2F3N2O2/c1-9(23-15(24)10-4-11(17)6-12(18)5-10)14-3-2-13(7-22-14)25-8-16(19,20)21/h2-7,9H,8H2,1H3,(H,23,24). The molecule has 1 unspecified atom stereocenters. The molecule has 0 saturated carbocycles. The van der Waals surface area contributed by atoms with Gasteiger partial charge in [-0.25, -0.2) is 0 Å². The second-order valence-corrected chi connectivity index (χ2v) is 6.05. The lowest BCUT2D eigenvalue weighted by atomic mass is 10.1. The van der Waals surface area contributed by atoms with Gasteiger partial charge in [-0.3, -0.25) is 9.78 Å². The minimum absolute atomic E-state index is 0.0128. The van der Waals surface area contributed by atoms with Gasteiger partial charge in [0.05, 0.1) is 17.9 Å². The van der Waals surface area contributed by atoms with Crippen molar-refractivity contribution in [2.24, 2.45) is 0 Å². The number of alkyl halides is 3. The summed E-state index contributed by atoms with van der Waals surface area (Å²) in [4.78, 5) is 16.2. The van der Waals surface area contributed by atoms with Gasteiger partial charge < -0.3 is 10.1 Å². The topological polar surface area (TPSA) is 51.2 Å². The predicted octanol–water partition coefficient (Wildman–Crippen LogP) is 4.82. The molecule has 2 rings (SSSR count). The lowest BCUT2D eigenvalue weighted by Gasteiger charge is -2.15. The monoisotopic (exact) mass is 392 g/mol. The number of hydrogen-bond donors (Lipinski definition) is 1. The lowest BCUT2D eigenvalue weighted by Crippen LogP contribution is -2.27. The maximum absolute atomic E-state index is 12.2. The zero-order chi connectivity index (χ0) is 18.6. The van der Waals surface area contributed by atoms with Crippen LogP contribution in [0.5, 0.6) is 5.75 Å². The lowest BCUT2D eigenvalue weighted by molar-refractivity contribution is -0.153. The van der Waals surface area contributed by atoms with E-state index in [1.807, 2.05) is 0 Å². The molecule has 1 N–H and O–H groups in total. The van der Waals surface area contributed by atoms with Crippen molar-refractivity contribution in [3.05, 3.63) is 57.8 Å². The number of pyridine rings is 1. The fraction of sp³-hybridized carbons (Fsp3) is 0.250. The molecule has 1 aromatic heterocycles. The maximum atomic E-state index is 12.2. The smallest absolute Gasteiger partial charge is 0.422 e. The van der Waals surface area contributed by atoms with Crippen LogP contribution in [0, 0.1) is 0 Å². The van der Waals surface area contributed by atoms with Crippen LogP contribution in [0.25, 0.3) is 0 Å². The molecular weight excluding hydrogens is 380 g/mol. The molecule has 0 aliphatic carbocycles. The van der Waals surface area contributed by atoms with Gasteiger partial charge in [0.15, 0.2) is 6.61 Å². The summed E-state index contributed by atoms with van der Waals surface area (Å²) in [5.74, 6) is -0.419. The van der Waals surface area contributed by atoms with Gasteiger partial charge in [0.1, 0.15) is 5.75 Å². The van der Waals surface area contributed by atoms with Crippen LogP contribution in [0.15, 0.2) is 36.5 Å². The Kier molecular flexibility index (Phi) is 6.13. The van der Waals surface area contributed by atoms with Gasteiger partial charge in [-0.05, 0) is 37.3 Å². The summed E-state index contributed by atoms with van der Waals surface area (Å²) in [6.07, 6.45) is -3.25. The molecule has 9 heteroatoms. The number of nitrogens with zero attached hydrogens (tertiary/aromatic N) is 1. The van der Waals surface area contributed by atoms with Crippen LogP contribution in [-0.2, 0) is 0 Å². The first-order valence-electron chi connectivity index (χ1n) is 7.06. The molecule has 2 aromatic rings. The molecule has 0 fully saturated rings. The van der Waals surface area contributed by atoms with Gasteiger partial charge in [-0.15, -0.1) is 0 Å². The van der Waals surface area contributed by atoms with Crippen molar-refractivity contribution in [1.82, 2.24) is 10.3 Å². The predicted molar refractivity (Wildman–Crippen MR) is 88.1 cm³/mol. The van der Waals surface area contributed by atoms with E-state index in [0.717, 1.165) is 0 Å². The highest BCUT2D eigenvalue weighted by molar-refractivity contribution is 6.35. The van der Waals surface area contributed by atoms with E-state index in [0.29, 0.717) is 15.7 Å². The normalized spacial score (nSPS) is 12.6. The van der Waals surface area contributed by atoms with Crippen molar-refractivity contribution in [2.45, 2.75) is 19.1 Å².